The highest BCUT2D eigenvalue weighted by atomic mass is 35.5. The van der Waals surface area contributed by atoms with Gasteiger partial charge in [0.2, 0.25) is 0 Å². The number of anilines is 2. The summed E-state index contributed by atoms with van der Waals surface area (Å²) in [6, 6.07) is 22.4. The van der Waals surface area contributed by atoms with Crippen LogP contribution in [0.15, 0.2) is 94.4 Å². The van der Waals surface area contributed by atoms with Gasteiger partial charge in [0.25, 0.3) is 11.8 Å². The van der Waals surface area contributed by atoms with E-state index in [1.54, 1.807) is 48.5 Å². The second kappa shape index (κ2) is 10.6. The zero-order valence-electron chi connectivity index (χ0n) is 18.3. The van der Waals surface area contributed by atoms with Crippen LogP contribution < -0.4 is 10.2 Å². The maximum Gasteiger partial charge on any atom is 0.338 e. The van der Waals surface area contributed by atoms with Crippen molar-refractivity contribution in [2.75, 3.05) is 16.8 Å². The standard InChI is InChI=1S/C26H21ClN2O4S/c1-2-16-33-26(32)17-8-14-20(15-9-17)29-24(30)22(28-19-12-10-18(27)11-13-19)23(25(29)31)34-21-6-4-3-5-7-21/h3-15,28H,2,16H2,1H3. The average molecular weight is 493 g/mol. The van der Waals surface area contributed by atoms with E-state index in [4.69, 9.17) is 16.3 Å². The van der Waals surface area contributed by atoms with Gasteiger partial charge < -0.3 is 10.1 Å². The van der Waals surface area contributed by atoms with E-state index in [1.807, 2.05) is 37.3 Å². The molecule has 0 spiro atoms. The van der Waals surface area contributed by atoms with Crippen molar-refractivity contribution in [2.24, 2.45) is 0 Å². The molecule has 4 rings (SSSR count). The summed E-state index contributed by atoms with van der Waals surface area (Å²) >= 11 is 7.19. The largest absolute Gasteiger partial charge is 0.462 e. The summed E-state index contributed by atoms with van der Waals surface area (Å²) < 4.78 is 5.14. The highest BCUT2D eigenvalue weighted by Crippen LogP contribution is 2.38. The van der Waals surface area contributed by atoms with Crippen LogP contribution in [0.2, 0.25) is 5.02 Å². The van der Waals surface area contributed by atoms with Crippen molar-refractivity contribution in [2.45, 2.75) is 18.2 Å². The molecule has 0 aromatic heterocycles. The van der Waals surface area contributed by atoms with Crippen LogP contribution in [0.1, 0.15) is 23.7 Å². The number of imide groups is 1. The van der Waals surface area contributed by atoms with Gasteiger partial charge in [0.1, 0.15) is 10.6 Å². The number of hydrogen-bond acceptors (Lipinski definition) is 6. The van der Waals surface area contributed by atoms with E-state index in [1.165, 1.54) is 11.8 Å². The van der Waals surface area contributed by atoms with Crippen LogP contribution in [-0.2, 0) is 14.3 Å². The molecule has 1 aliphatic rings. The first-order chi connectivity index (χ1) is 16.5. The number of ether oxygens (including phenoxy) is 1. The predicted molar refractivity (Wildman–Crippen MR) is 134 cm³/mol. The van der Waals surface area contributed by atoms with E-state index in [0.29, 0.717) is 28.6 Å². The second-order valence-corrected chi connectivity index (χ2v) is 8.90. The summed E-state index contributed by atoms with van der Waals surface area (Å²) in [6.07, 6.45) is 0.720. The lowest BCUT2D eigenvalue weighted by molar-refractivity contribution is -0.120. The van der Waals surface area contributed by atoms with Crippen LogP contribution in [0.5, 0.6) is 0 Å². The van der Waals surface area contributed by atoms with Crippen molar-refractivity contribution in [3.63, 3.8) is 0 Å². The molecule has 0 bridgehead atoms. The molecule has 0 radical (unpaired) electrons. The molecule has 34 heavy (non-hydrogen) atoms. The van der Waals surface area contributed by atoms with Crippen molar-refractivity contribution in [3.05, 3.63) is 100 Å². The highest BCUT2D eigenvalue weighted by molar-refractivity contribution is 8.04. The lowest BCUT2D eigenvalue weighted by Gasteiger charge is -2.16. The maximum atomic E-state index is 13.4. The number of esters is 1. The fraction of sp³-hybridized carbons (Fsp3) is 0.115. The van der Waals surface area contributed by atoms with Crippen LogP contribution in [0.4, 0.5) is 11.4 Å². The molecule has 6 nitrogen and oxygen atoms in total. The number of carbonyl (C=O) groups is 3. The number of nitrogens with one attached hydrogen (secondary N) is 1. The summed E-state index contributed by atoms with van der Waals surface area (Å²) in [5.41, 5.74) is 1.51. The fourth-order valence-corrected chi connectivity index (χ4v) is 4.33. The Kier molecular flexibility index (Phi) is 7.35. The molecule has 1 N–H and O–H groups in total. The summed E-state index contributed by atoms with van der Waals surface area (Å²) in [5, 5.41) is 3.65. The number of benzene rings is 3. The predicted octanol–water partition coefficient (Wildman–Crippen LogP) is 5.90. The number of rotatable bonds is 8. The zero-order valence-corrected chi connectivity index (χ0v) is 19.9. The van der Waals surface area contributed by atoms with E-state index in [-0.39, 0.29) is 10.6 Å². The van der Waals surface area contributed by atoms with Gasteiger partial charge in [0.15, 0.2) is 0 Å². The quantitative estimate of drug-likeness (QED) is 0.312. The Labute approximate surface area is 206 Å². The monoisotopic (exact) mass is 492 g/mol. The molecule has 3 aromatic rings. The van der Waals surface area contributed by atoms with Crippen LogP contribution in [0.25, 0.3) is 0 Å². The van der Waals surface area contributed by atoms with Crippen molar-refractivity contribution in [1.29, 1.82) is 0 Å². The van der Waals surface area contributed by atoms with Gasteiger partial charge in [-0.3, -0.25) is 9.59 Å². The lowest BCUT2D eigenvalue weighted by Crippen LogP contribution is -2.32. The van der Waals surface area contributed by atoms with Crippen molar-refractivity contribution in [1.82, 2.24) is 0 Å². The van der Waals surface area contributed by atoms with E-state index in [2.05, 4.69) is 5.32 Å². The van der Waals surface area contributed by atoms with E-state index in [9.17, 15) is 14.4 Å². The van der Waals surface area contributed by atoms with Crippen molar-refractivity contribution < 1.29 is 19.1 Å². The molecule has 1 heterocycles. The number of thioether (sulfide) groups is 1. The highest BCUT2D eigenvalue weighted by Gasteiger charge is 2.40. The number of halogens is 1. The SMILES string of the molecule is CCCOC(=O)c1ccc(N2C(=O)C(Nc3ccc(Cl)cc3)=C(Sc3ccccc3)C2=O)cc1. The van der Waals surface area contributed by atoms with Gasteiger partial charge in [-0.2, -0.15) is 0 Å². The van der Waals surface area contributed by atoms with E-state index >= 15 is 0 Å². The summed E-state index contributed by atoms with van der Waals surface area (Å²) in [6.45, 7) is 2.24. The maximum absolute atomic E-state index is 13.4. The first kappa shape index (κ1) is 23.6. The second-order valence-electron chi connectivity index (χ2n) is 7.38. The average Bonchev–Trinajstić information content (AvgIpc) is 3.08. The molecule has 0 unspecified atom stereocenters. The first-order valence-corrected chi connectivity index (χ1v) is 11.8. The van der Waals surface area contributed by atoms with Gasteiger partial charge in [0, 0.05) is 15.6 Å². The van der Waals surface area contributed by atoms with Gasteiger partial charge >= 0.3 is 5.97 Å². The lowest BCUT2D eigenvalue weighted by atomic mass is 10.2. The third kappa shape index (κ3) is 5.16. The fourth-order valence-electron chi connectivity index (χ4n) is 3.26. The summed E-state index contributed by atoms with van der Waals surface area (Å²) in [5.74, 6) is -1.38. The molecule has 0 aliphatic carbocycles. The summed E-state index contributed by atoms with van der Waals surface area (Å²) in [4.78, 5) is 41.1. The minimum absolute atomic E-state index is 0.174. The molecular weight excluding hydrogens is 472 g/mol. The Bertz CT molecular complexity index is 1240. The smallest absolute Gasteiger partial charge is 0.338 e. The molecule has 0 saturated carbocycles. The van der Waals surface area contributed by atoms with Crippen LogP contribution >= 0.6 is 23.4 Å². The first-order valence-electron chi connectivity index (χ1n) is 10.6. The Hall–Kier alpha value is -3.55. The third-order valence-corrected chi connectivity index (χ3v) is 6.26. The molecular formula is C26H21ClN2O4S. The third-order valence-electron chi connectivity index (χ3n) is 4.92. The Balaban J connectivity index is 1.64. The Morgan fingerprint density at radius 3 is 2.26 bits per heavy atom. The molecule has 0 atom stereocenters. The van der Waals surface area contributed by atoms with Gasteiger partial charge in [-0.25, -0.2) is 9.69 Å². The van der Waals surface area contributed by atoms with Crippen LogP contribution in [0.3, 0.4) is 0 Å². The molecule has 172 valence electrons. The zero-order chi connectivity index (χ0) is 24.1. The van der Waals surface area contributed by atoms with E-state index in [0.717, 1.165) is 16.2 Å². The normalized spacial score (nSPS) is 13.4. The minimum Gasteiger partial charge on any atom is -0.462 e. The van der Waals surface area contributed by atoms with Gasteiger partial charge in [-0.15, -0.1) is 0 Å². The molecule has 8 heteroatoms. The van der Waals surface area contributed by atoms with Crippen LogP contribution in [0, 0.1) is 0 Å². The van der Waals surface area contributed by atoms with Crippen molar-refractivity contribution >= 4 is 52.5 Å². The Morgan fingerprint density at radius 2 is 1.62 bits per heavy atom. The van der Waals surface area contributed by atoms with Crippen LogP contribution in [-0.4, -0.2) is 24.4 Å². The molecule has 3 aromatic carbocycles. The summed E-state index contributed by atoms with van der Waals surface area (Å²) in [7, 11) is 0. The minimum atomic E-state index is -0.486. The number of nitrogens with zero attached hydrogens (tertiary/aromatic N) is 1. The Morgan fingerprint density at radius 1 is 0.941 bits per heavy atom. The molecule has 2 amide bonds. The molecule has 0 fully saturated rings. The van der Waals surface area contributed by atoms with Gasteiger partial charge in [0.05, 0.1) is 17.9 Å². The molecule has 0 saturated heterocycles. The van der Waals surface area contributed by atoms with Crippen molar-refractivity contribution in [3.8, 4) is 0 Å². The number of hydrogen-bond donors (Lipinski definition) is 1. The number of amides is 2. The topological polar surface area (TPSA) is 75.7 Å². The van der Waals surface area contributed by atoms with Gasteiger partial charge in [-0.1, -0.05) is 48.5 Å². The molecule has 1 aliphatic heterocycles. The van der Waals surface area contributed by atoms with E-state index < -0.39 is 17.8 Å². The van der Waals surface area contributed by atoms with Gasteiger partial charge in [-0.05, 0) is 67.1 Å². The number of carbonyl (C=O) groups excluding carboxylic acids is 3.